The maximum atomic E-state index is 10.9. The molecule has 1 heterocycles. The summed E-state index contributed by atoms with van der Waals surface area (Å²) < 4.78 is 0. The van der Waals surface area contributed by atoms with Gasteiger partial charge in [0.2, 0.25) is 5.12 Å². The molecule has 1 aliphatic heterocycles. The van der Waals surface area contributed by atoms with Gasteiger partial charge in [-0.1, -0.05) is 36.5 Å². The molecule has 82 valence electrons. The standard InChI is InChI=1S/C10H18O2S2/c11-7-5-3-1-2-4-6-9-8-10(12)14-13-9/h9,11H,1-8H2. The third-order valence-electron chi connectivity index (χ3n) is 2.36. The largest absolute Gasteiger partial charge is 0.396 e. The molecule has 1 unspecified atom stereocenters. The predicted molar refractivity (Wildman–Crippen MR) is 63.4 cm³/mol. The van der Waals surface area contributed by atoms with Gasteiger partial charge in [0.1, 0.15) is 0 Å². The second kappa shape index (κ2) is 7.60. The number of rotatable bonds is 7. The number of hydrogen-bond donors (Lipinski definition) is 1. The van der Waals surface area contributed by atoms with Crippen LogP contribution in [0.2, 0.25) is 0 Å². The normalized spacial score (nSPS) is 21.8. The highest BCUT2D eigenvalue weighted by Crippen LogP contribution is 2.41. The highest BCUT2D eigenvalue weighted by atomic mass is 33.1. The van der Waals surface area contributed by atoms with Crippen LogP contribution in [0, 0.1) is 0 Å². The molecule has 0 saturated carbocycles. The van der Waals surface area contributed by atoms with Gasteiger partial charge in [-0.05, 0) is 23.6 Å². The Labute approximate surface area is 93.6 Å². The van der Waals surface area contributed by atoms with Crippen LogP contribution in [0.15, 0.2) is 0 Å². The lowest BCUT2D eigenvalue weighted by molar-refractivity contribution is -0.110. The van der Waals surface area contributed by atoms with E-state index in [9.17, 15) is 4.79 Å². The zero-order valence-electron chi connectivity index (χ0n) is 8.41. The number of carbonyl (C=O) groups excluding carboxylic acids is 1. The van der Waals surface area contributed by atoms with Crippen molar-refractivity contribution in [3.63, 3.8) is 0 Å². The van der Waals surface area contributed by atoms with Crippen molar-refractivity contribution in [2.75, 3.05) is 6.61 Å². The third kappa shape index (κ3) is 5.27. The number of aliphatic hydroxyl groups is 1. The molecular formula is C10H18O2S2. The van der Waals surface area contributed by atoms with E-state index in [-0.39, 0.29) is 0 Å². The number of unbranched alkanes of at least 4 members (excludes halogenated alkanes) is 4. The van der Waals surface area contributed by atoms with Gasteiger partial charge < -0.3 is 5.11 Å². The highest BCUT2D eigenvalue weighted by molar-refractivity contribution is 8.83. The van der Waals surface area contributed by atoms with Crippen LogP contribution in [0.4, 0.5) is 0 Å². The molecule has 1 atom stereocenters. The summed E-state index contributed by atoms with van der Waals surface area (Å²) in [6, 6.07) is 0. The fourth-order valence-electron chi connectivity index (χ4n) is 1.54. The molecule has 1 N–H and O–H groups in total. The van der Waals surface area contributed by atoms with E-state index >= 15 is 0 Å². The van der Waals surface area contributed by atoms with Crippen LogP contribution >= 0.6 is 21.6 Å². The Morgan fingerprint density at radius 2 is 1.93 bits per heavy atom. The average Bonchev–Trinajstić information content (AvgIpc) is 2.58. The summed E-state index contributed by atoms with van der Waals surface area (Å²) in [5, 5.41) is 9.50. The first-order chi connectivity index (χ1) is 6.83. The average molecular weight is 234 g/mol. The van der Waals surface area contributed by atoms with Crippen molar-refractivity contribution < 1.29 is 9.90 Å². The van der Waals surface area contributed by atoms with Crippen LogP contribution in [0.5, 0.6) is 0 Å². The molecular weight excluding hydrogens is 216 g/mol. The van der Waals surface area contributed by atoms with Gasteiger partial charge in [0.25, 0.3) is 0 Å². The first-order valence-corrected chi connectivity index (χ1v) is 7.51. The highest BCUT2D eigenvalue weighted by Gasteiger charge is 2.23. The monoisotopic (exact) mass is 234 g/mol. The lowest BCUT2D eigenvalue weighted by atomic mass is 10.1. The van der Waals surface area contributed by atoms with Gasteiger partial charge in [0.15, 0.2) is 0 Å². The molecule has 0 aromatic heterocycles. The van der Waals surface area contributed by atoms with Gasteiger partial charge in [0, 0.05) is 18.3 Å². The topological polar surface area (TPSA) is 37.3 Å². The van der Waals surface area contributed by atoms with Gasteiger partial charge >= 0.3 is 0 Å². The molecule has 0 radical (unpaired) electrons. The summed E-state index contributed by atoms with van der Waals surface area (Å²) in [6.07, 6.45) is 7.73. The van der Waals surface area contributed by atoms with Gasteiger partial charge in [-0.25, -0.2) is 0 Å². The Bertz CT molecular complexity index is 174. The molecule has 1 rings (SSSR count). The van der Waals surface area contributed by atoms with Crippen LogP contribution in [0.25, 0.3) is 0 Å². The van der Waals surface area contributed by atoms with E-state index in [0.29, 0.717) is 17.0 Å². The molecule has 0 aromatic carbocycles. The summed E-state index contributed by atoms with van der Waals surface area (Å²) >= 11 is 0. The quantitative estimate of drug-likeness (QED) is 0.543. The summed E-state index contributed by atoms with van der Waals surface area (Å²) in [5.41, 5.74) is 0. The van der Waals surface area contributed by atoms with Crippen LogP contribution in [-0.4, -0.2) is 22.1 Å². The third-order valence-corrected chi connectivity index (χ3v) is 5.14. The van der Waals surface area contributed by atoms with Crippen LogP contribution in [0.1, 0.15) is 44.9 Å². The van der Waals surface area contributed by atoms with Crippen molar-refractivity contribution in [1.29, 1.82) is 0 Å². The molecule has 0 spiro atoms. The van der Waals surface area contributed by atoms with Gasteiger partial charge in [-0.15, -0.1) is 0 Å². The fraction of sp³-hybridized carbons (Fsp3) is 0.900. The SMILES string of the molecule is O=C1CC(CCCCCCCO)SS1. The maximum absolute atomic E-state index is 10.9. The molecule has 0 bridgehead atoms. The Morgan fingerprint density at radius 1 is 1.21 bits per heavy atom. The molecule has 0 aromatic rings. The predicted octanol–water partition coefficient (Wildman–Crippen LogP) is 3.00. The second-order valence-corrected chi connectivity index (χ2v) is 6.22. The van der Waals surface area contributed by atoms with Crippen molar-refractivity contribution in [1.82, 2.24) is 0 Å². The van der Waals surface area contributed by atoms with Crippen molar-refractivity contribution >= 4 is 26.7 Å². The zero-order chi connectivity index (χ0) is 10.2. The lowest BCUT2D eigenvalue weighted by Gasteiger charge is -2.05. The molecule has 1 fully saturated rings. The number of hydrogen-bond acceptors (Lipinski definition) is 4. The molecule has 14 heavy (non-hydrogen) atoms. The summed E-state index contributed by atoms with van der Waals surface area (Å²) in [4.78, 5) is 10.9. The maximum Gasteiger partial charge on any atom is 0.200 e. The summed E-state index contributed by atoms with van der Waals surface area (Å²) in [7, 11) is 3.17. The van der Waals surface area contributed by atoms with Crippen LogP contribution in [0.3, 0.4) is 0 Å². The van der Waals surface area contributed by atoms with E-state index in [1.54, 1.807) is 10.8 Å². The molecule has 0 amide bonds. The zero-order valence-corrected chi connectivity index (χ0v) is 10.0. The summed E-state index contributed by atoms with van der Waals surface area (Å²) in [6.45, 7) is 0.323. The molecule has 1 aliphatic rings. The van der Waals surface area contributed by atoms with E-state index in [1.807, 2.05) is 0 Å². The van der Waals surface area contributed by atoms with Crippen LogP contribution in [-0.2, 0) is 4.79 Å². The molecule has 2 nitrogen and oxygen atoms in total. The van der Waals surface area contributed by atoms with E-state index < -0.39 is 0 Å². The van der Waals surface area contributed by atoms with E-state index in [1.165, 1.54) is 36.5 Å². The minimum absolute atomic E-state index is 0.323. The number of carbonyl (C=O) groups is 1. The summed E-state index contributed by atoms with van der Waals surface area (Å²) in [5.74, 6) is 0. The Balaban J connectivity index is 1.86. The van der Waals surface area contributed by atoms with Gasteiger partial charge in [-0.2, -0.15) is 0 Å². The smallest absolute Gasteiger partial charge is 0.200 e. The number of aliphatic hydroxyl groups excluding tert-OH is 1. The Morgan fingerprint density at radius 3 is 2.57 bits per heavy atom. The van der Waals surface area contributed by atoms with Gasteiger partial charge in [-0.3, -0.25) is 4.79 Å². The fourth-order valence-corrected chi connectivity index (χ4v) is 4.07. The minimum Gasteiger partial charge on any atom is -0.396 e. The van der Waals surface area contributed by atoms with Crippen molar-refractivity contribution in [2.24, 2.45) is 0 Å². The molecule has 4 heteroatoms. The first kappa shape index (κ1) is 12.4. The van der Waals surface area contributed by atoms with E-state index in [4.69, 9.17) is 5.11 Å². The van der Waals surface area contributed by atoms with Crippen molar-refractivity contribution in [2.45, 2.75) is 50.2 Å². The Kier molecular flexibility index (Phi) is 6.73. The minimum atomic E-state index is 0.323. The Hall–Kier alpha value is 0.330. The van der Waals surface area contributed by atoms with Crippen molar-refractivity contribution in [3.8, 4) is 0 Å². The van der Waals surface area contributed by atoms with Crippen molar-refractivity contribution in [3.05, 3.63) is 0 Å². The lowest BCUT2D eigenvalue weighted by Crippen LogP contribution is -1.99. The van der Waals surface area contributed by atoms with Gasteiger partial charge in [0.05, 0.1) is 0 Å². The molecule has 0 aliphatic carbocycles. The van der Waals surface area contributed by atoms with E-state index in [0.717, 1.165) is 19.3 Å². The first-order valence-electron chi connectivity index (χ1n) is 5.30. The molecule has 1 saturated heterocycles. The van der Waals surface area contributed by atoms with E-state index in [2.05, 4.69) is 0 Å². The second-order valence-electron chi connectivity index (χ2n) is 3.66. The van der Waals surface area contributed by atoms with Crippen LogP contribution < -0.4 is 0 Å².